The summed E-state index contributed by atoms with van der Waals surface area (Å²) in [5.41, 5.74) is 9.22. The first-order chi connectivity index (χ1) is 19.8. The fourth-order valence-electron chi connectivity index (χ4n) is 6.12. The average molecular weight is 532 g/mol. The van der Waals surface area contributed by atoms with Gasteiger partial charge in [-0.1, -0.05) is 78.5 Å². The van der Waals surface area contributed by atoms with E-state index in [0.29, 0.717) is 0 Å². The summed E-state index contributed by atoms with van der Waals surface area (Å²) < 4.78 is 12.8. The van der Waals surface area contributed by atoms with E-state index in [-0.39, 0.29) is 0 Å². The van der Waals surface area contributed by atoms with E-state index in [2.05, 4.69) is 114 Å². The molecule has 3 nitrogen and oxygen atoms in total. The molecule has 8 aromatic rings. The molecule has 0 fully saturated rings. The second-order valence-electron chi connectivity index (χ2n) is 10.1. The predicted octanol–water partition coefficient (Wildman–Crippen LogP) is 11.1. The van der Waals surface area contributed by atoms with Crippen molar-refractivity contribution in [1.29, 1.82) is 0 Å². The van der Waals surface area contributed by atoms with Gasteiger partial charge in [-0.2, -0.15) is 0 Å². The van der Waals surface area contributed by atoms with E-state index in [1.165, 1.54) is 21.2 Å². The number of furan rings is 2. The van der Waals surface area contributed by atoms with Crippen LogP contribution in [0.15, 0.2) is 146 Å². The Morgan fingerprint density at radius 1 is 0.500 bits per heavy atom. The Kier molecular flexibility index (Phi) is 4.54. The fraction of sp³-hybridized carbons (Fsp3) is 0. The number of rotatable bonds is 2. The molecule has 3 heterocycles. The topological polar surface area (TPSA) is 29.5 Å². The highest BCUT2D eigenvalue weighted by atomic mass is 32.2. The van der Waals surface area contributed by atoms with Crippen LogP contribution in [0.5, 0.6) is 0 Å². The Bertz CT molecular complexity index is 2230. The molecule has 0 N–H and O–H groups in total. The van der Waals surface area contributed by atoms with Gasteiger partial charge in [0.15, 0.2) is 0 Å². The quantitative estimate of drug-likeness (QED) is 0.222. The molecule has 2 aromatic heterocycles. The van der Waals surface area contributed by atoms with E-state index in [1.807, 2.05) is 30.0 Å². The molecule has 188 valence electrons. The first-order valence-electron chi connectivity index (χ1n) is 13.4. The molecule has 0 saturated carbocycles. The van der Waals surface area contributed by atoms with Crippen molar-refractivity contribution in [2.24, 2.45) is 0 Å². The lowest BCUT2D eigenvalue weighted by molar-refractivity contribution is 0.663. The van der Waals surface area contributed by atoms with Gasteiger partial charge in [-0.05, 0) is 71.8 Å². The summed E-state index contributed by atoms with van der Waals surface area (Å²) in [4.78, 5) is 4.87. The summed E-state index contributed by atoms with van der Waals surface area (Å²) in [7, 11) is 0. The molecule has 6 aromatic carbocycles. The van der Waals surface area contributed by atoms with Crippen LogP contribution in [0.3, 0.4) is 0 Å². The van der Waals surface area contributed by atoms with Crippen LogP contribution in [0.4, 0.5) is 17.1 Å². The van der Waals surface area contributed by atoms with Crippen molar-refractivity contribution in [3.63, 3.8) is 0 Å². The van der Waals surface area contributed by atoms with Gasteiger partial charge in [-0.3, -0.25) is 0 Å². The van der Waals surface area contributed by atoms with E-state index in [1.54, 1.807) is 0 Å². The number of nitrogens with zero attached hydrogens (tertiary/aromatic N) is 1. The monoisotopic (exact) mass is 531 g/mol. The van der Waals surface area contributed by atoms with Crippen molar-refractivity contribution in [2.45, 2.75) is 9.79 Å². The molecule has 0 amide bonds. The van der Waals surface area contributed by atoms with Crippen LogP contribution >= 0.6 is 11.8 Å². The zero-order valence-electron chi connectivity index (χ0n) is 21.3. The third kappa shape index (κ3) is 3.08. The minimum Gasteiger partial charge on any atom is -0.456 e. The Labute approximate surface area is 234 Å². The maximum atomic E-state index is 6.45. The molecular weight excluding hydrogens is 510 g/mol. The highest BCUT2D eigenvalue weighted by Crippen LogP contribution is 2.52. The number of anilines is 3. The number of hydrogen-bond donors (Lipinski definition) is 0. The van der Waals surface area contributed by atoms with Crippen LogP contribution in [-0.4, -0.2) is 0 Å². The second-order valence-corrected chi connectivity index (χ2v) is 11.2. The summed E-state index contributed by atoms with van der Waals surface area (Å²) in [5.74, 6) is 0. The first-order valence-corrected chi connectivity index (χ1v) is 14.2. The van der Waals surface area contributed by atoms with Crippen molar-refractivity contribution >= 4 is 72.7 Å². The number of para-hydroxylation sites is 3. The largest absolute Gasteiger partial charge is 0.456 e. The molecule has 1 aliphatic heterocycles. The molecule has 0 spiro atoms. The normalized spacial score (nSPS) is 12.8. The molecule has 1 aliphatic rings. The summed E-state index contributed by atoms with van der Waals surface area (Å²) in [6.07, 6.45) is 0. The van der Waals surface area contributed by atoms with Crippen LogP contribution in [-0.2, 0) is 0 Å². The van der Waals surface area contributed by atoms with Gasteiger partial charge in [0.1, 0.15) is 22.3 Å². The lowest BCUT2D eigenvalue weighted by atomic mass is 9.98. The van der Waals surface area contributed by atoms with E-state index >= 15 is 0 Å². The minimum atomic E-state index is 0.834. The molecule has 40 heavy (non-hydrogen) atoms. The molecule has 0 atom stereocenters. The van der Waals surface area contributed by atoms with Gasteiger partial charge in [0, 0.05) is 31.6 Å². The molecule has 0 radical (unpaired) electrons. The number of hydrogen-bond acceptors (Lipinski definition) is 4. The molecule has 0 unspecified atom stereocenters. The van der Waals surface area contributed by atoms with Gasteiger partial charge < -0.3 is 13.7 Å². The van der Waals surface area contributed by atoms with Gasteiger partial charge in [0.25, 0.3) is 0 Å². The maximum absolute atomic E-state index is 6.45. The van der Waals surface area contributed by atoms with E-state index in [4.69, 9.17) is 8.83 Å². The van der Waals surface area contributed by atoms with Crippen LogP contribution in [0, 0.1) is 0 Å². The van der Waals surface area contributed by atoms with Crippen molar-refractivity contribution in [2.75, 3.05) is 4.90 Å². The number of fused-ring (bicyclic) bond motifs is 9. The molecular formula is C36H21NO2S. The maximum Gasteiger partial charge on any atom is 0.147 e. The lowest BCUT2D eigenvalue weighted by Gasteiger charge is -2.33. The second kappa shape index (κ2) is 8.28. The van der Waals surface area contributed by atoms with E-state index in [9.17, 15) is 0 Å². The molecule has 9 rings (SSSR count). The van der Waals surface area contributed by atoms with Crippen molar-refractivity contribution in [3.8, 4) is 11.1 Å². The SMILES string of the molecule is c1cc(-c2cccc3oc4ccc5c6ccccc6oc5c4c23)cc(N2c3ccccc3Sc3ccccc32)c1. The Hall–Kier alpha value is -4.93. The van der Waals surface area contributed by atoms with Crippen LogP contribution < -0.4 is 4.90 Å². The van der Waals surface area contributed by atoms with Crippen molar-refractivity contribution < 1.29 is 8.83 Å². The smallest absolute Gasteiger partial charge is 0.147 e. The van der Waals surface area contributed by atoms with Gasteiger partial charge in [-0.15, -0.1) is 0 Å². The van der Waals surface area contributed by atoms with Gasteiger partial charge >= 0.3 is 0 Å². The predicted molar refractivity (Wildman–Crippen MR) is 165 cm³/mol. The van der Waals surface area contributed by atoms with Gasteiger partial charge in [-0.25, -0.2) is 0 Å². The third-order valence-electron chi connectivity index (χ3n) is 7.85. The van der Waals surface area contributed by atoms with E-state index in [0.717, 1.165) is 60.7 Å². The third-order valence-corrected chi connectivity index (χ3v) is 8.98. The first kappa shape index (κ1) is 21.9. The lowest BCUT2D eigenvalue weighted by Crippen LogP contribution is -2.14. The highest BCUT2D eigenvalue weighted by Gasteiger charge is 2.25. The van der Waals surface area contributed by atoms with Crippen LogP contribution in [0.25, 0.3) is 55.0 Å². The van der Waals surface area contributed by atoms with Crippen LogP contribution in [0.2, 0.25) is 0 Å². The van der Waals surface area contributed by atoms with Crippen LogP contribution in [0.1, 0.15) is 0 Å². The molecule has 0 aliphatic carbocycles. The highest BCUT2D eigenvalue weighted by molar-refractivity contribution is 7.99. The Morgan fingerprint density at radius 2 is 1.20 bits per heavy atom. The zero-order chi connectivity index (χ0) is 26.2. The average Bonchev–Trinajstić information content (AvgIpc) is 3.58. The summed E-state index contributed by atoms with van der Waals surface area (Å²) in [6.45, 7) is 0. The summed E-state index contributed by atoms with van der Waals surface area (Å²) in [5, 5.41) is 4.32. The van der Waals surface area contributed by atoms with E-state index < -0.39 is 0 Å². The number of benzene rings is 6. The van der Waals surface area contributed by atoms with Crippen molar-refractivity contribution in [3.05, 3.63) is 127 Å². The minimum absolute atomic E-state index is 0.834. The Morgan fingerprint density at radius 3 is 2.05 bits per heavy atom. The standard InChI is InChI=1S/C36H21NO2S/c1-4-15-29-25(11-1)26-19-20-31-35(36(26)39-29)34-24(12-8-16-30(34)38-31)22-9-7-10-23(21-22)37-27-13-2-5-17-32(27)40-33-18-6-3-14-28(33)37/h1-21H. The fourth-order valence-corrected chi connectivity index (χ4v) is 7.18. The molecule has 0 saturated heterocycles. The Balaban J connectivity index is 1.30. The van der Waals surface area contributed by atoms with Gasteiger partial charge in [0.2, 0.25) is 0 Å². The summed E-state index contributed by atoms with van der Waals surface area (Å²) >= 11 is 1.82. The zero-order valence-corrected chi connectivity index (χ0v) is 22.1. The molecule has 4 heteroatoms. The van der Waals surface area contributed by atoms with Crippen molar-refractivity contribution in [1.82, 2.24) is 0 Å². The van der Waals surface area contributed by atoms with Gasteiger partial charge in [0.05, 0.1) is 16.8 Å². The molecule has 0 bridgehead atoms. The summed E-state index contributed by atoms with van der Waals surface area (Å²) in [6, 6.07) is 44.8.